The van der Waals surface area contributed by atoms with Gasteiger partial charge in [-0.25, -0.2) is 0 Å². The van der Waals surface area contributed by atoms with Crippen molar-refractivity contribution in [2.75, 3.05) is 0 Å². The van der Waals surface area contributed by atoms with E-state index < -0.39 is 23.8 Å². The lowest BCUT2D eigenvalue weighted by Gasteiger charge is -1.69. The summed E-state index contributed by atoms with van der Waals surface area (Å²) in [6.07, 6.45) is 0. The van der Waals surface area contributed by atoms with E-state index in [0.29, 0.717) is 0 Å². The summed E-state index contributed by atoms with van der Waals surface area (Å²) < 4.78 is 0. The third kappa shape index (κ3) is 637. The summed E-state index contributed by atoms with van der Waals surface area (Å²) in [6, 6.07) is 0. The first-order valence-corrected chi connectivity index (χ1v) is 3.20. The summed E-state index contributed by atoms with van der Waals surface area (Å²) in [6.45, 7) is 10.7. The van der Waals surface area contributed by atoms with Gasteiger partial charge in [0.15, 0.2) is 0 Å². The number of rotatable bonds is 0. The topological polar surface area (TPSA) is 162 Å². The molecule has 0 spiro atoms. The van der Waals surface area contributed by atoms with Crippen LogP contribution in [-0.4, -0.2) is 40.9 Å². The quantitative estimate of drug-likeness (QED) is 0.316. The Kier molecular flexibility index (Phi) is 58.8. The molecule has 0 saturated heterocycles. The molecule has 0 aliphatic rings. The maximum Gasteiger partial charge on any atom is 0.266 e. The van der Waals surface area contributed by atoms with Gasteiger partial charge in [-0.05, 0) is 26.3 Å². The van der Waals surface area contributed by atoms with Gasteiger partial charge in [-0.1, -0.05) is 0 Å². The summed E-state index contributed by atoms with van der Waals surface area (Å²) in [5.74, 6) is -3.33. The zero-order valence-electron chi connectivity index (χ0n) is 9.41. The molecule has 0 amide bonds. The molecule has 0 unspecified atom stereocenters. The van der Waals surface area contributed by atoms with Crippen molar-refractivity contribution >= 4 is 27.0 Å². The van der Waals surface area contributed by atoms with Gasteiger partial charge in [-0.2, -0.15) is 27.0 Å². The molecule has 18 heavy (non-hydrogen) atoms. The molecule has 0 aliphatic carbocycles. The van der Waals surface area contributed by atoms with Crippen LogP contribution < -0.4 is 0 Å². The minimum atomic E-state index is -0.833. The highest BCUT2D eigenvalue weighted by Crippen LogP contribution is 1.59. The van der Waals surface area contributed by atoms with E-state index in [4.69, 9.17) is 40.9 Å². The molecular weight excluding hydrogens is 288 g/mol. The third-order valence-corrected chi connectivity index (χ3v) is 0. The molecule has 0 atom stereocenters. The van der Waals surface area contributed by atoms with E-state index in [1.807, 2.05) is 0 Å². The van der Waals surface area contributed by atoms with Crippen LogP contribution in [0.5, 0.6) is 0 Å². The number of aliphatic hydroxyl groups excluding tert-OH is 4. The van der Waals surface area contributed by atoms with E-state index in [1.165, 1.54) is 0 Å². The lowest BCUT2D eigenvalue weighted by Crippen LogP contribution is -1.62. The van der Waals surface area contributed by atoms with E-state index in [0.717, 1.165) is 0 Å². The zero-order valence-corrected chi connectivity index (χ0v) is 11.4. The van der Waals surface area contributed by atoms with Crippen molar-refractivity contribution in [1.29, 1.82) is 0 Å². The average molecular weight is 308 g/mol. The van der Waals surface area contributed by atoms with E-state index in [1.54, 1.807) is 0 Å². The molecular formula is C8H20O8S2. The van der Waals surface area contributed by atoms with Crippen molar-refractivity contribution < 1.29 is 40.9 Å². The third-order valence-electron chi connectivity index (χ3n) is 0. The fraction of sp³-hybridized carbons (Fsp3) is 0. The smallest absolute Gasteiger partial charge is 0.266 e. The first-order valence-electron chi connectivity index (χ1n) is 3.20. The summed E-state index contributed by atoms with van der Waals surface area (Å²) >= 11 is 0. The molecule has 0 fully saturated rings. The molecule has 0 aromatic heterocycles. The van der Waals surface area contributed by atoms with Gasteiger partial charge in [0.25, 0.3) is 23.8 Å². The van der Waals surface area contributed by atoms with Crippen molar-refractivity contribution in [2.24, 2.45) is 0 Å². The van der Waals surface area contributed by atoms with Crippen molar-refractivity contribution in [2.45, 2.75) is 0 Å². The Bertz CT molecular complexity index is 165. The molecule has 0 saturated carbocycles. The maximum atomic E-state index is 7.42. The largest absolute Gasteiger partial charge is 0.482 e. The lowest BCUT2D eigenvalue weighted by atomic mass is 11.1. The van der Waals surface area contributed by atoms with Crippen LogP contribution >= 0.6 is 27.0 Å². The Labute approximate surface area is 118 Å². The maximum absolute atomic E-state index is 7.42. The van der Waals surface area contributed by atoms with Crippen LogP contribution in [0.4, 0.5) is 0 Å². The Hall–Kier alpha value is -1.94. The Morgan fingerprint density at radius 1 is 0.389 bits per heavy atom. The van der Waals surface area contributed by atoms with Gasteiger partial charge in [-0.15, -0.1) is 0 Å². The predicted molar refractivity (Wildman–Crippen MR) is 78.4 cm³/mol. The Morgan fingerprint density at radius 3 is 0.389 bits per heavy atom. The van der Waals surface area contributed by atoms with Gasteiger partial charge < -0.3 is 40.9 Å². The van der Waals surface area contributed by atoms with Crippen LogP contribution in [-0.2, 0) is 0 Å². The minimum Gasteiger partial charge on any atom is -0.482 e. The van der Waals surface area contributed by atoms with Gasteiger partial charge in [0, 0.05) is 0 Å². The summed E-state index contributed by atoms with van der Waals surface area (Å²) in [4.78, 5) is 0. The second kappa shape index (κ2) is 29.4. The highest BCUT2D eigenvalue weighted by Gasteiger charge is 1.57. The highest BCUT2D eigenvalue weighted by molar-refractivity contribution is 7.59. The van der Waals surface area contributed by atoms with Gasteiger partial charge in [0.2, 0.25) is 0 Å². The van der Waals surface area contributed by atoms with Crippen LogP contribution in [0, 0.1) is 0 Å². The Morgan fingerprint density at radius 2 is 0.389 bits per heavy atom. The fourth-order valence-electron chi connectivity index (χ4n) is 0. The van der Waals surface area contributed by atoms with Crippen LogP contribution in [0.15, 0.2) is 50.1 Å². The second-order valence-electron chi connectivity index (χ2n) is 1.66. The van der Waals surface area contributed by atoms with Crippen LogP contribution in [0.1, 0.15) is 0 Å². The highest BCUT2D eigenvalue weighted by atomic mass is 32.1. The predicted octanol–water partition coefficient (Wildman–Crippen LogP) is 2.52. The molecule has 0 aromatic rings. The van der Waals surface area contributed by atoms with Crippen LogP contribution in [0.2, 0.25) is 0 Å². The van der Waals surface area contributed by atoms with Crippen molar-refractivity contribution in [3.63, 3.8) is 0 Å². The lowest BCUT2D eigenvalue weighted by molar-refractivity contribution is 0.193. The molecule has 10 heteroatoms. The van der Waals surface area contributed by atoms with E-state index in [-0.39, 0.29) is 27.0 Å². The van der Waals surface area contributed by atoms with Gasteiger partial charge in [0.1, 0.15) is 0 Å². The standard InChI is InChI=1S/4C2H4O2.2H2S/c4*1-2(3)4;;/h4*3-4H,1H2;2*1H2. The summed E-state index contributed by atoms with van der Waals surface area (Å²) in [5.41, 5.74) is 0. The molecule has 0 heterocycles. The monoisotopic (exact) mass is 308 g/mol. The minimum absolute atomic E-state index is 0. The molecule has 0 radical (unpaired) electrons. The SMILES string of the molecule is C=C(O)O.C=C(O)O.C=C(O)O.C=C(O)O.S.S. The normalized spacial score (nSPS) is 5.33. The summed E-state index contributed by atoms with van der Waals surface area (Å²) in [5, 5.41) is 59.3. The molecule has 0 aliphatic heterocycles. The van der Waals surface area contributed by atoms with Gasteiger partial charge >= 0.3 is 0 Å². The molecule has 112 valence electrons. The zero-order chi connectivity index (χ0) is 14.3. The molecule has 0 bridgehead atoms. The van der Waals surface area contributed by atoms with Crippen molar-refractivity contribution in [3.05, 3.63) is 50.1 Å². The average Bonchev–Trinajstić information content (AvgIpc) is 1.76. The van der Waals surface area contributed by atoms with Gasteiger partial charge in [0.05, 0.1) is 0 Å². The van der Waals surface area contributed by atoms with E-state index in [2.05, 4.69) is 26.3 Å². The number of hydrogen-bond acceptors (Lipinski definition) is 8. The molecule has 0 aromatic carbocycles. The van der Waals surface area contributed by atoms with Crippen molar-refractivity contribution in [3.8, 4) is 0 Å². The fourth-order valence-corrected chi connectivity index (χ4v) is 0. The van der Waals surface area contributed by atoms with Crippen molar-refractivity contribution in [1.82, 2.24) is 0 Å². The van der Waals surface area contributed by atoms with Gasteiger partial charge in [-0.3, -0.25) is 0 Å². The summed E-state index contributed by atoms with van der Waals surface area (Å²) in [7, 11) is 0. The van der Waals surface area contributed by atoms with Crippen LogP contribution in [0.3, 0.4) is 0 Å². The van der Waals surface area contributed by atoms with E-state index >= 15 is 0 Å². The first-order chi connectivity index (χ1) is 6.93. The number of hydrogen-bond donors (Lipinski definition) is 8. The second-order valence-corrected chi connectivity index (χ2v) is 1.66. The number of aliphatic hydroxyl groups is 8. The van der Waals surface area contributed by atoms with Crippen LogP contribution in [0.25, 0.3) is 0 Å². The van der Waals surface area contributed by atoms with E-state index in [9.17, 15) is 0 Å². The molecule has 0 rings (SSSR count). The molecule has 8 N–H and O–H groups in total. The molecule has 8 nitrogen and oxygen atoms in total. The Balaban J connectivity index is -0.0000000257. The first kappa shape index (κ1) is 36.0.